The molecule has 0 unspecified atom stereocenters. The standard InChI is InChI=1S/C12H13F2N5/c1-15-8-3-2-4-16-10(8)6-17-11-5-9(12(13)14)18-7-19-11/h2-5,7,12,15H,6H2,1H3,(H,17,18,19). The maximum atomic E-state index is 12.5. The Kier molecular flexibility index (Phi) is 4.17. The molecule has 7 heteroatoms. The van der Waals surface area contributed by atoms with Gasteiger partial charge in [0.15, 0.2) is 0 Å². The number of nitrogens with zero attached hydrogens (tertiary/aromatic N) is 3. The van der Waals surface area contributed by atoms with Crippen molar-refractivity contribution in [1.29, 1.82) is 0 Å². The van der Waals surface area contributed by atoms with Crippen LogP contribution in [0.2, 0.25) is 0 Å². The number of pyridine rings is 1. The van der Waals surface area contributed by atoms with E-state index in [-0.39, 0.29) is 5.69 Å². The largest absolute Gasteiger partial charge is 0.387 e. The molecule has 2 aromatic heterocycles. The van der Waals surface area contributed by atoms with E-state index in [0.29, 0.717) is 12.4 Å². The molecule has 0 aromatic carbocycles. The van der Waals surface area contributed by atoms with Gasteiger partial charge in [-0.25, -0.2) is 18.7 Å². The molecule has 0 aliphatic carbocycles. The van der Waals surface area contributed by atoms with Crippen molar-refractivity contribution in [1.82, 2.24) is 15.0 Å². The van der Waals surface area contributed by atoms with Crippen LogP contribution in [-0.4, -0.2) is 22.0 Å². The number of rotatable bonds is 5. The van der Waals surface area contributed by atoms with Gasteiger partial charge in [0.25, 0.3) is 6.43 Å². The van der Waals surface area contributed by atoms with E-state index in [2.05, 4.69) is 25.6 Å². The summed E-state index contributed by atoms with van der Waals surface area (Å²) in [4.78, 5) is 11.6. The Bertz CT molecular complexity index is 547. The quantitative estimate of drug-likeness (QED) is 0.869. The Morgan fingerprint density at radius 3 is 2.84 bits per heavy atom. The van der Waals surface area contributed by atoms with Gasteiger partial charge in [0.05, 0.1) is 17.9 Å². The van der Waals surface area contributed by atoms with Gasteiger partial charge in [-0.15, -0.1) is 0 Å². The molecule has 0 atom stereocenters. The normalized spacial score (nSPS) is 10.5. The van der Waals surface area contributed by atoms with Gasteiger partial charge >= 0.3 is 0 Å². The first-order valence-electron chi connectivity index (χ1n) is 5.66. The molecule has 2 rings (SSSR count). The Morgan fingerprint density at radius 1 is 1.26 bits per heavy atom. The van der Waals surface area contributed by atoms with Gasteiger partial charge in [-0.1, -0.05) is 0 Å². The maximum Gasteiger partial charge on any atom is 0.280 e. The van der Waals surface area contributed by atoms with Crippen LogP contribution in [0.15, 0.2) is 30.7 Å². The zero-order chi connectivity index (χ0) is 13.7. The SMILES string of the molecule is CNc1cccnc1CNc1cc(C(F)F)ncn1. The number of hydrogen-bond acceptors (Lipinski definition) is 5. The first-order valence-corrected chi connectivity index (χ1v) is 5.66. The number of alkyl halides is 2. The third-order valence-electron chi connectivity index (χ3n) is 2.51. The summed E-state index contributed by atoms with van der Waals surface area (Å²) in [5, 5.41) is 5.95. The van der Waals surface area contributed by atoms with E-state index in [1.165, 1.54) is 6.07 Å². The summed E-state index contributed by atoms with van der Waals surface area (Å²) in [6.45, 7) is 0.386. The Hall–Kier alpha value is -2.31. The van der Waals surface area contributed by atoms with Crippen LogP contribution in [0.4, 0.5) is 20.3 Å². The van der Waals surface area contributed by atoms with Crippen molar-refractivity contribution >= 4 is 11.5 Å². The van der Waals surface area contributed by atoms with Gasteiger partial charge in [0, 0.05) is 19.3 Å². The molecule has 0 bridgehead atoms. The lowest BCUT2D eigenvalue weighted by Gasteiger charge is -2.09. The van der Waals surface area contributed by atoms with Crippen LogP contribution in [0, 0.1) is 0 Å². The van der Waals surface area contributed by atoms with Crippen molar-refractivity contribution in [3.8, 4) is 0 Å². The van der Waals surface area contributed by atoms with Crippen molar-refractivity contribution < 1.29 is 8.78 Å². The molecule has 0 radical (unpaired) electrons. The summed E-state index contributed by atoms with van der Waals surface area (Å²) >= 11 is 0. The molecule has 0 aliphatic heterocycles. The smallest absolute Gasteiger partial charge is 0.280 e. The minimum absolute atomic E-state index is 0.299. The number of halogens is 2. The van der Waals surface area contributed by atoms with E-state index in [1.807, 2.05) is 12.1 Å². The van der Waals surface area contributed by atoms with Crippen molar-refractivity contribution in [3.05, 3.63) is 42.1 Å². The van der Waals surface area contributed by atoms with Crippen molar-refractivity contribution in [2.75, 3.05) is 17.7 Å². The second-order valence-corrected chi connectivity index (χ2v) is 3.73. The van der Waals surface area contributed by atoms with E-state index in [4.69, 9.17) is 0 Å². The Morgan fingerprint density at radius 2 is 2.11 bits per heavy atom. The van der Waals surface area contributed by atoms with Crippen LogP contribution in [-0.2, 0) is 6.54 Å². The molecule has 100 valence electrons. The zero-order valence-corrected chi connectivity index (χ0v) is 10.3. The fourth-order valence-electron chi connectivity index (χ4n) is 1.57. The average molecular weight is 265 g/mol. The molecule has 2 N–H and O–H groups in total. The van der Waals surface area contributed by atoms with Gasteiger partial charge in [0.2, 0.25) is 0 Å². The number of aromatic nitrogens is 3. The number of hydrogen-bond donors (Lipinski definition) is 2. The minimum Gasteiger partial charge on any atom is -0.387 e. The Labute approximate surface area is 109 Å². The van der Waals surface area contributed by atoms with Gasteiger partial charge in [-0.2, -0.15) is 0 Å². The van der Waals surface area contributed by atoms with Crippen LogP contribution < -0.4 is 10.6 Å². The molecule has 0 saturated carbocycles. The van der Waals surface area contributed by atoms with E-state index in [1.54, 1.807) is 13.2 Å². The molecular weight excluding hydrogens is 252 g/mol. The topological polar surface area (TPSA) is 62.7 Å². The lowest BCUT2D eigenvalue weighted by atomic mass is 10.3. The van der Waals surface area contributed by atoms with Crippen molar-refractivity contribution in [3.63, 3.8) is 0 Å². The fourth-order valence-corrected chi connectivity index (χ4v) is 1.57. The van der Waals surface area contributed by atoms with Crippen LogP contribution in [0.3, 0.4) is 0 Å². The Balaban J connectivity index is 2.08. The molecule has 2 heterocycles. The molecular formula is C12H13F2N5. The second-order valence-electron chi connectivity index (χ2n) is 3.73. The highest BCUT2D eigenvalue weighted by Crippen LogP contribution is 2.18. The predicted octanol–water partition coefficient (Wildman–Crippen LogP) is 2.46. The van der Waals surface area contributed by atoms with E-state index in [0.717, 1.165) is 17.7 Å². The summed E-state index contributed by atoms with van der Waals surface area (Å²) in [5.74, 6) is 0.345. The molecule has 0 fully saturated rings. The molecule has 19 heavy (non-hydrogen) atoms. The summed E-state index contributed by atoms with van der Waals surface area (Å²) in [6, 6.07) is 4.93. The van der Waals surface area contributed by atoms with E-state index >= 15 is 0 Å². The van der Waals surface area contributed by atoms with Crippen LogP contribution in [0.5, 0.6) is 0 Å². The fraction of sp³-hybridized carbons (Fsp3) is 0.250. The van der Waals surface area contributed by atoms with Crippen LogP contribution in [0.1, 0.15) is 17.8 Å². The van der Waals surface area contributed by atoms with Crippen molar-refractivity contribution in [2.45, 2.75) is 13.0 Å². The van der Waals surface area contributed by atoms with Gasteiger partial charge in [-0.3, -0.25) is 4.98 Å². The first kappa shape index (κ1) is 13.1. The number of nitrogens with one attached hydrogen (secondary N) is 2. The predicted molar refractivity (Wildman–Crippen MR) is 68.1 cm³/mol. The van der Waals surface area contributed by atoms with Crippen LogP contribution in [0.25, 0.3) is 0 Å². The second kappa shape index (κ2) is 6.03. The lowest BCUT2D eigenvalue weighted by Crippen LogP contribution is -2.07. The minimum atomic E-state index is -2.61. The monoisotopic (exact) mass is 265 g/mol. The maximum absolute atomic E-state index is 12.5. The van der Waals surface area contributed by atoms with Gasteiger partial charge in [-0.05, 0) is 12.1 Å². The van der Waals surface area contributed by atoms with Gasteiger partial charge in [0.1, 0.15) is 17.8 Å². The summed E-state index contributed by atoms with van der Waals surface area (Å²) in [5.41, 5.74) is 1.35. The highest BCUT2D eigenvalue weighted by Gasteiger charge is 2.10. The average Bonchev–Trinajstić information content (AvgIpc) is 2.45. The molecule has 2 aromatic rings. The molecule has 0 amide bonds. The van der Waals surface area contributed by atoms with Crippen molar-refractivity contribution in [2.24, 2.45) is 0 Å². The third-order valence-corrected chi connectivity index (χ3v) is 2.51. The zero-order valence-electron chi connectivity index (χ0n) is 10.3. The lowest BCUT2D eigenvalue weighted by molar-refractivity contribution is 0.146. The summed E-state index contributed by atoms with van der Waals surface area (Å²) in [6.07, 6.45) is 0.176. The molecule has 0 aliphatic rings. The molecule has 0 spiro atoms. The highest BCUT2D eigenvalue weighted by atomic mass is 19.3. The summed E-state index contributed by atoms with van der Waals surface area (Å²) < 4.78 is 25.0. The van der Waals surface area contributed by atoms with E-state index < -0.39 is 6.43 Å². The summed E-state index contributed by atoms with van der Waals surface area (Å²) in [7, 11) is 1.79. The third kappa shape index (κ3) is 3.34. The molecule has 5 nitrogen and oxygen atoms in total. The van der Waals surface area contributed by atoms with Crippen LogP contribution >= 0.6 is 0 Å². The van der Waals surface area contributed by atoms with Gasteiger partial charge < -0.3 is 10.6 Å². The number of anilines is 2. The van der Waals surface area contributed by atoms with E-state index in [9.17, 15) is 8.78 Å². The highest BCUT2D eigenvalue weighted by molar-refractivity contribution is 5.48. The molecule has 0 saturated heterocycles. The first-order chi connectivity index (χ1) is 9.20.